The number of rotatable bonds is 0. The normalized spacial score (nSPS) is 9.33. The third-order valence-electron chi connectivity index (χ3n) is 0.707. The fourth-order valence-corrected chi connectivity index (χ4v) is 0.612. The molecule has 0 aliphatic heterocycles. The van der Waals surface area contributed by atoms with Crippen LogP contribution in [0.5, 0.6) is 0 Å². The van der Waals surface area contributed by atoms with E-state index < -0.39 is 10.0 Å². The van der Waals surface area contributed by atoms with Crippen molar-refractivity contribution in [1.82, 2.24) is 0 Å². The van der Waals surface area contributed by atoms with Crippen LogP contribution in [0.1, 0.15) is 0 Å². The smallest absolute Gasteiger partial charge is 0.0177 e. The van der Waals surface area contributed by atoms with Gasteiger partial charge in [0.15, 0.2) is 0 Å². The minimum Gasteiger partial charge on any atom is -0.107 e. The number of hydrogen-bond acceptors (Lipinski definition) is 0. The van der Waals surface area contributed by atoms with Gasteiger partial charge in [-0.1, -0.05) is 0 Å². The van der Waals surface area contributed by atoms with Crippen molar-refractivity contribution in [2.45, 2.75) is 0 Å². The van der Waals surface area contributed by atoms with Gasteiger partial charge in [-0.2, -0.15) is 0 Å². The molecule has 0 aromatic heterocycles. The van der Waals surface area contributed by atoms with Crippen molar-refractivity contribution >= 4 is 10.0 Å². The van der Waals surface area contributed by atoms with Crippen LogP contribution in [0.2, 0.25) is 0 Å². The zero-order valence-electron chi connectivity index (χ0n) is 4.72. The molecule has 0 N–H and O–H groups in total. The maximum absolute atomic E-state index is 5.00. The third-order valence-corrected chi connectivity index (χ3v) is 2.12. The van der Waals surface area contributed by atoms with E-state index in [1.807, 2.05) is 0 Å². The molecular weight excluding hydrogens is 128 g/mol. The fraction of sp³-hybridized carbons (Fsp3) is 0. The Bertz CT molecular complexity index is 197. The van der Waals surface area contributed by atoms with E-state index in [-0.39, 0.29) is 0 Å². The standard InChI is InChI=1S/C8H4S/c1-5-9(6-2,7-3)8-4/h1-4H. The highest BCUT2D eigenvalue weighted by molar-refractivity contribution is 8.48. The Hall–Kier alpha value is -1.41. The minimum absolute atomic E-state index is 2.04. The lowest BCUT2D eigenvalue weighted by atomic mass is 11.3. The van der Waals surface area contributed by atoms with Gasteiger partial charge in [-0.25, -0.2) is 0 Å². The highest BCUT2D eigenvalue weighted by Crippen LogP contribution is 2.41. The second-order valence-corrected chi connectivity index (χ2v) is 3.25. The first-order chi connectivity index (χ1) is 4.24. The largest absolute Gasteiger partial charge is 0.107 e. The Morgan fingerprint density at radius 1 is 0.667 bits per heavy atom. The van der Waals surface area contributed by atoms with E-state index in [0.717, 1.165) is 0 Å². The predicted octanol–water partition coefficient (Wildman–Crippen LogP) is 1.15. The Labute approximate surface area is 57.3 Å². The van der Waals surface area contributed by atoms with E-state index in [1.54, 1.807) is 0 Å². The molecule has 0 aliphatic carbocycles. The maximum atomic E-state index is 5.00. The Kier molecular flexibility index (Phi) is 2.35. The number of hydrogen-bond donors (Lipinski definition) is 0. The van der Waals surface area contributed by atoms with E-state index in [9.17, 15) is 0 Å². The summed E-state index contributed by atoms with van der Waals surface area (Å²) in [5.74, 6) is 0. The van der Waals surface area contributed by atoms with Crippen molar-refractivity contribution in [3.05, 3.63) is 0 Å². The molecule has 42 valence electrons. The van der Waals surface area contributed by atoms with Gasteiger partial charge in [-0.05, 0) is 21.0 Å². The molecule has 0 aliphatic rings. The van der Waals surface area contributed by atoms with Gasteiger partial charge in [0.1, 0.15) is 0 Å². The summed E-state index contributed by atoms with van der Waals surface area (Å²) in [6, 6.07) is 0. The van der Waals surface area contributed by atoms with Crippen LogP contribution < -0.4 is 0 Å². The first-order valence-electron chi connectivity index (χ1n) is 1.97. The monoisotopic (exact) mass is 132 g/mol. The van der Waals surface area contributed by atoms with Crippen LogP contribution in [-0.2, 0) is 0 Å². The van der Waals surface area contributed by atoms with Gasteiger partial charge in [0.05, 0.1) is 0 Å². The molecule has 0 unspecified atom stereocenters. The Balaban J connectivity index is 4.84. The second kappa shape index (κ2) is 2.79. The van der Waals surface area contributed by atoms with Crippen molar-refractivity contribution in [2.24, 2.45) is 0 Å². The summed E-state index contributed by atoms with van der Waals surface area (Å²) in [4.78, 5) is 0. The predicted molar refractivity (Wildman–Crippen MR) is 42.9 cm³/mol. The molecule has 1 heteroatoms. The highest BCUT2D eigenvalue weighted by atomic mass is 32.3. The van der Waals surface area contributed by atoms with Crippen LogP contribution >= 0.6 is 10.0 Å². The van der Waals surface area contributed by atoms with Gasteiger partial charge in [-0.15, -0.1) is 25.7 Å². The summed E-state index contributed by atoms with van der Waals surface area (Å²) >= 11 is 0. The summed E-state index contributed by atoms with van der Waals surface area (Å²) < 4.78 is 0. The Morgan fingerprint density at radius 2 is 0.889 bits per heavy atom. The van der Waals surface area contributed by atoms with Crippen LogP contribution in [0.4, 0.5) is 0 Å². The van der Waals surface area contributed by atoms with Crippen LogP contribution in [0.3, 0.4) is 0 Å². The zero-order valence-corrected chi connectivity index (χ0v) is 5.53. The van der Waals surface area contributed by atoms with Crippen molar-refractivity contribution in [3.8, 4) is 46.7 Å². The van der Waals surface area contributed by atoms with Gasteiger partial charge in [0.25, 0.3) is 0 Å². The minimum atomic E-state index is -2.04. The van der Waals surface area contributed by atoms with Gasteiger partial charge in [-0.3, -0.25) is 0 Å². The van der Waals surface area contributed by atoms with Crippen molar-refractivity contribution in [1.29, 1.82) is 0 Å². The molecule has 0 fully saturated rings. The average molecular weight is 132 g/mol. The van der Waals surface area contributed by atoms with E-state index in [4.69, 9.17) is 25.7 Å². The van der Waals surface area contributed by atoms with Gasteiger partial charge in [0.2, 0.25) is 0 Å². The van der Waals surface area contributed by atoms with Crippen molar-refractivity contribution in [2.75, 3.05) is 0 Å². The van der Waals surface area contributed by atoms with Gasteiger partial charge in [0, 0.05) is 10.0 Å². The molecule has 0 saturated heterocycles. The molecule has 0 saturated carbocycles. The van der Waals surface area contributed by atoms with E-state index in [2.05, 4.69) is 21.0 Å². The first-order valence-corrected chi connectivity index (χ1v) is 3.60. The molecule has 0 atom stereocenters. The lowest BCUT2D eigenvalue weighted by molar-refractivity contribution is 2.76. The van der Waals surface area contributed by atoms with E-state index in [0.29, 0.717) is 0 Å². The Morgan fingerprint density at radius 3 is 0.889 bits per heavy atom. The SMILES string of the molecule is C#CS(C#C)(C#C)C#C. The van der Waals surface area contributed by atoms with Crippen molar-refractivity contribution in [3.63, 3.8) is 0 Å². The van der Waals surface area contributed by atoms with E-state index in [1.165, 1.54) is 0 Å². The zero-order chi connectivity index (χ0) is 7.33. The van der Waals surface area contributed by atoms with Crippen molar-refractivity contribution < 1.29 is 0 Å². The molecule has 0 aromatic rings. The lowest BCUT2D eigenvalue weighted by Crippen LogP contribution is -1.81. The molecular formula is C8H4S. The number of terminal acetylenes is 4. The average Bonchev–Trinajstić information content (AvgIpc) is 1.95. The molecule has 9 heavy (non-hydrogen) atoms. The summed E-state index contributed by atoms with van der Waals surface area (Å²) in [5, 5.41) is 8.96. The molecule has 0 aromatic carbocycles. The summed E-state index contributed by atoms with van der Waals surface area (Å²) in [5.41, 5.74) is 0. The van der Waals surface area contributed by atoms with E-state index >= 15 is 0 Å². The molecule has 0 radical (unpaired) electrons. The summed E-state index contributed by atoms with van der Waals surface area (Å²) in [6.45, 7) is 0. The maximum Gasteiger partial charge on any atom is 0.0177 e. The van der Waals surface area contributed by atoms with Gasteiger partial charge < -0.3 is 0 Å². The van der Waals surface area contributed by atoms with Crippen LogP contribution in [0.15, 0.2) is 0 Å². The topological polar surface area (TPSA) is 0 Å². The molecule has 0 spiro atoms. The second-order valence-electron chi connectivity index (χ2n) is 1.08. The molecule has 0 rings (SSSR count). The first kappa shape index (κ1) is 7.59. The quantitative estimate of drug-likeness (QED) is 0.434. The van der Waals surface area contributed by atoms with Gasteiger partial charge >= 0.3 is 0 Å². The summed E-state index contributed by atoms with van der Waals surface area (Å²) in [7, 11) is -2.04. The fourth-order valence-electron chi connectivity index (χ4n) is 0.204. The van der Waals surface area contributed by atoms with Crippen LogP contribution in [0, 0.1) is 46.7 Å². The van der Waals surface area contributed by atoms with Crippen LogP contribution in [-0.4, -0.2) is 0 Å². The molecule has 0 bridgehead atoms. The van der Waals surface area contributed by atoms with Crippen LogP contribution in [0.25, 0.3) is 0 Å². The third kappa shape index (κ3) is 1.24. The lowest BCUT2D eigenvalue weighted by Gasteiger charge is -2.09. The summed E-state index contributed by atoms with van der Waals surface area (Å²) in [6.07, 6.45) is 20.0. The molecule has 0 amide bonds. The molecule has 0 heterocycles. The highest BCUT2D eigenvalue weighted by Gasteiger charge is 2.08. The molecule has 0 nitrogen and oxygen atoms in total.